The van der Waals surface area contributed by atoms with Gasteiger partial charge in [0, 0.05) is 25.3 Å². The minimum absolute atomic E-state index is 0.711. The first-order valence-corrected chi connectivity index (χ1v) is 6.89. The lowest BCUT2D eigenvalue weighted by atomic mass is 10.4. The molecule has 0 aliphatic heterocycles. The van der Waals surface area contributed by atoms with E-state index in [0.717, 1.165) is 31.3 Å². The molecule has 3 rings (SSSR count). The highest BCUT2D eigenvalue weighted by molar-refractivity contribution is 5.07. The number of hydrogen-bond acceptors (Lipinski definition) is 4. The van der Waals surface area contributed by atoms with Crippen molar-refractivity contribution in [1.29, 1.82) is 0 Å². The molecule has 0 aromatic carbocycles. The Kier molecular flexibility index (Phi) is 3.33. The predicted octanol–water partition coefficient (Wildman–Crippen LogP) is 1.10. The fraction of sp³-hybridized carbons (Fsp3) is 0.615. The van der Waals surface area contributed by atoms with Crippen molar-refractivity contribution in [3.8, 4) is 0 Å². The molecule has 2 aromatic heterocycles. The second-order valence-electron chi connectivity index (χ2n) is 5.03. The van der Waals surface area contributed by atoms with Gasteiger partial charge in [0.2, 0.25) is 0 Å². The normalized spacial score (nSPS) is 15.1. The van der Waals surface area contributed by atoms with E-state index in [1.54, 1.807) is 6.33 Å². The molecule has 1 aliphatic carbocycles. The SMILES string of the molecule is CCn1ncnc1Cn1c(CNC2CC2)cnc1C. The van der Waals surface area contributed by atoms with Gasteiger partial charge >= 0.3 is 0 Å². The van der Waals surface area contributed by atoms with E-state index in [0.29, 0.717) is 6.04 Å². The van der Waals surface area contributed by atoms with Crippen LogP contribution in [0.5, 0.6) is 0 Å². The summed E-state index contributed by atoms with van der Waals surface area (Å²) in [5.74, 6) is 2.01. The number of rotatable bonds is 6. The molecule has 6 nitrogen and oxygen atoms in total. The summed E-state index contributed by atoms with van der Waals surface area (Å²) in [5, 5.41) is 7.75. The van der Waals surface area contributed by atoms with E-state index in [1.165, 1.54) is 18.5 Å². The number of aromatic nitrogens is 5. The van der Waals surface area contributed by atoms with Crippen molar-refractivity contribution in [3.63, 3.8) is 0 Å². The summed E-state index contributed by atoms with van der Waals surface area (Å²) in [7, 11) is 0. The number of nitrogens with zero attached hydrogens (tertiary/aromatic N) is 5. The Morgan fingerprint density at radius 3 is 2.95 bits per heavy atom. The summed E-state index contributed by atoms with van der Waals surface area (Å²) in [6.07, 6.45) is 6.18. The van der Waals surface area contributed by atoms with Crippen LogP contribution in [0.2, 0.25) is 0 Å². The predicted molar refractivity (Wildman–Crippen MR) is 71.6 cm³/mol. The van der Waals surface area contributed by atoms with Crippen molar-refractivity contribution >= 4 is 0 Å². The zero-order chi connectivity index (χ0) is 13.2. The van der Waals surface area contributed by atoms with Gasteiger partial charge in [0.1, 0.15) is 18.0 Å². The summed E-state index contributed by atoms with van der Waals surface area (Å²) < 4.78 is 4.14. The standard InChI is InChI=1S/C13H20N6/c1-3-19-13(16-9-17-19)8-18-10(2)14-6-12(18)7-15-11-4-5-11/h6,9,11,15H,3-5,7-8H2,1-2H3. The lowest BCUT2D eigenvalue weighted by Crippen LogP contribution is -2.19. The van der Waals surface area contributed by atoms with Gasteiger partial charge in [0.25, 0.3) is 0 Å². The quantitative estimate of drug-likeness (QED) is 0.845. The molecule has 1 N–H and O–H groups in total. The Morgan fingerprint density at radius 1 is 1.37 bits per heavy atom. The third-order valence-electron chi connectivity index (χ3n) is 3.58. The number of imidazole rings is 1. The maximum Gasteiger partial charge on any atom is 0.146 e. The Hall–Kier alpha value is -1.69. The second-order valence-corrected chi connectivity index (χ2v) is 5.03. The monoisotopic (exact) mass is 260 g/mol. The van der Waals surface area contributed by atoms with Crippen molar-refractivity contribution in [2.45, 2.75) is 52.4 Å². The first-order valence-electron chi connectivity index (χ1n) is 6.89. The van der Waals surface area contributed by atoms with E-state index in [1.807, 2.05) is 17.8 Å². The number of nitrogens with one attached hydrogen (secondary N) is 1. The van der Waals surface area contributed by atoms with Crippen molar-refractivity contribution in [2.75, 3.05) is 0 Å². The third kappa shape index (κ3) is 2.68. The van der Waals surface area contributed by atoms with E-state index in [2.05, 4.69) is 31.9 Å². The number of aryl methyl sites for hydroxylation is 2. The average Bonchev–Trinajstić information content (AvgIpc) is 3.03. The van der Waals surface area contributed by atoms with Gasteiger partial charge in [-0.2, -0.15) is 5.10 Å². The van der Waals surface area contributed by atoms with E-state index in [-0.39, 0.29) is 0 Å². The molecule has 0 radical (unpaired) electrons. The van der Waals surface area contributed by atoms with E-state index < -0.39 is 0 Å². The first kappa shape index (κ1) is 12.3. The van der Waals surface area contributed by atoms with E-state index >= 15 is 0 Å². The summed E-state index contributed by atoms with van der Waals surface area (Å²) in [6.45, 7) is 6.58. The molecular formula is C13H20N6. The lowest BCUT2D eigenvalue weighted by molar-refractivity contribution is 0.566. The molecule has 2 aromatic rings. The van der Waals surface area contributed by atoms with Crippen molar-refractivity contribution < 1.29 is 0 Å². The van der Waals surface area contributed by atoms with E-state index in [4.69, 9.17) is 0 Å². The van der Waals surface area contributed by atoms with Crippen molar-refractivity contribution in [2.24, 2.45) is 0 Å². The Morgan fingerprint density at radius 2 is 2.21 bits per heavy atom. The molecule has 1 aliphatic rings. The highest BCUT2D eigenvalue weighted by atomic mass is 15.3. The van der Waals surface area contributed by atoms with Crippen LogP contribution in [0.25, 0.3) is 0 Å². The van der Waals surface area contributed by atoms with Crippen LogP contribution in [-0.2, 0) is 19.6 Å². The van der Waals surface area contributed by atoms with Gasteiger partial charge in [-0.25, -0.2) is 14.6 Å². The van der Waals surface area contributed by atoms with Gasteiger partial charge in [0.15, 0.2) is 0 Å². The fourth-order valence-corrected chi connectivity index (χ4v) is 2.22. The molecule has 1 fully saturated rings. The van der Waals surface area contributed by atoms with Crippen LogP contribution >= 0.6 is 0 Å². The molecule has 0 bridgehead atoms. The van der Waals surface area contributed by atoms with Crippen LogP contribution in [0, 0.1) is 6.92 Å². The van der Waals surface area contributed by atoms with Gasteiger partial charge in [-0.1, -0.05) is 0 Å². The second kappa shape index (κ2) is 5.13. The Balaban J connectivity index is 1.76. The Bertz CT molecular complexity index is 551. The zero-order valence-corrected chi connectivity index (χ0v) is 11.5. The molecule has 0 saturated heterocycles. The largest absolute Gasteiger partial charge is 0.323 e. The van der Waals surface area contributed by atoms with Crippen LogP contribution in [0.15, 0.2) is 12.5 Å². The molecule has 0 atom stereocenters. The van der Waals surface area contributed by atoms with Gasteiger partial charge in [-0.05, 0) is 26.7 Å². The minimum Gasteiger partial charge on any atom is -0.323 e. The maximum atomic E-state index is 4.42. The van der Waals surface area contributed by atoms with Crippen molar-refractivity contribution in [3.05, 3.63) is 29.9 Å². The zero-order valence-electron chi connectivity index (χ0n) is 11.5. The minimum atomic E-state index is 0.711. The van der Waals surface area contributed by atoms with E-state index in [9.17, 15) is 0 Å². The Labute approximate surface area is 112 Å². The van der Waals surface area contributed by atoms with Gasteiger partial charge in [-0.15, -0.1) is 0 Å². The van der Waals surface area contributed by atoms with Crippen LogP contribution in [-0.4, -0.2) is 30.4 Å². The molecular weight excluding hydrogens is 240 g/mol. The topological polar surface area (TPSA) is 60.6 Å². The van der Waals surface area contributed by atoms with Crippen LogP contribution in [0.3, 0.4) is 0 Å². The average molecular weight is 260 g/mol. The van der Waals surface area contributed by atoms with Gasteiger partial charge < -0.3 is 9.88 Å². The van der Waals surface area contributed by atoms with Gasteiger partial charge in [0.05, 0.1) is 12.2 Å². The first-order chi connectivity index (χ1) is 9.28. The molecule has 0 spiro atoms. The summed E-state index contributed by atoms with van der Waals surface area (Å²) in [5.41, 5.74) is 1.22. The molecule has 0 amide bonds. The van der Waals surface area contributed by atoms with Gasteiger partial charge in [-0.3, -0.25) is 0 Å². The smallest absolute Gasteiger partial charge is 0.146 e. The molecule has 6 heteroatoms. The van der Waals surface area contributed by atoms with Crippen LogP contribution in [0.1, 0.15) is 37.1 Å². The third-order valence-corrected chi connectivity index (χ3v) is 3.58. The molecule has 2 heterocycles. The highest BCUT2D eigenvalue weighted by Gasteiger charge is 2.21. The molecule has 0 unspecified atom stereocenters. The van der Waals surface area contributed by atoms with Crippen LogP contribution < -0.4 is 5.32 Å². The highest BCUT2D eigenvalue weighted by Crippen LogP contribution is 2.19. The van der Waals surface area contributed by atoms with Crippen molar-refractivity contribution in [1.82, 2.24) is 29.6 Å². The molecule has 1 saturated carbocycles. The lowest BCUT2D eigenvalue weighted by Gasteiger charge is -2.11. The molecule has 102 valence electrons. The summed E-state index contributed by atoms with van der Waals surface area (Å²) >= 11 is 0. The molecule has 19 heavy (non-hydrogen) atoms. The summed E-state index contributed by atoms with van der Waals surface area (Å²) in [6, 6.07) is 0.711. The summed E-state index contributed by atoms with van der Waals surface area (Å²) in [4.78, 5) is 8.75. The fourth-order valence-electron chi connectivity index (χ4n) is 2.22. The maximum absolute atomic E-state index is 4.42. The van der Waals surface area contributed by atoms with Crippen LogP contribution in [0.4, 0.5) is 0 Å². The number of hydrogen-bond donors (Lipinski definition) is 1.